The summed E-state index contributed by atoms with van der Waals surface area (Å²) in [4.78, 5) is 17.4. The molecular weight excluding hydrogens is 287 g/mol. The number of aromatic nitrogens is 1. The largest absolute Gasteiger partial charge is 0.445 e. The third-order valence-electron chi connectivity index (χ3n) is 3.36. The van der Waals surface area contributed by atoms with Gasteiger partial charge in [0.2, 0.25) is 0 Å². The van der Waals surface area contributed by atoms with Crippen LogP contribution in [-0.2, 0) is 0 Å². The number of oxazole rings is 1. The number of likely N-dealkylation sites (tertiary alicyclic amines) is 1. The summed E-state index contributed by atoms with van der Waals surface area (Å²) < 4.78 is 42.4. The van der Waals surface area contributed by atoms with Crippen LogP contribution in [0.4, 0.5) is 13.2 Å². The Morgan fingerprint density at radius 1 is 1.48 bits per heavy atom. The van der Waals surface area contributed by atoms with Crippen molar-refractivity contribution in [2.45, 2.75) is 38.9 Å². The van der Waals surface area contributed by atoms with Crippen molar-refractivity contribution in [2.24, 2.45) is 0 Å². The van der Waals surface area contributed by atoms with E-state index in [1.807, 2.05) is 0 Å². The van der Waals surface area contributed by atoms with Crippen LogP contribution in [0.1, 0.15) is 35.0 Å². The minimum absolute atomic E-state index is 0.195. The van der Waals surface area contributed by atoms with Crippen LogP contribution in [0.3, 0.4) is 0 Å². The Balaban J connectivity index is 1.93. The predicted molar refractivity (Wildman–Crippen MR) is 69.0 cm³/mol. The molecular formula is C13H18F3N3O2. The molecule has 0 unspecified atom stereocenters. The van der Waals surface area contributed by atoms with Crippen LogP contribution >= 0.6 is 0 Å². The maximum atomic E-state index is 12.4. The first-order valence-electron chi connectivity index (χ1n) is 6.78. The van der Waals surface area contributed by atoms with Gasteiger partial charge in [-0.25, -0.2) is 4.98 Å². The van der Waals surface area contributed by atoms with Crippen LogP contribution in [0.15, 0.2) is 4.42 Å². The highest BCUT2D eigenvalue weighted by atomic mass is 19.4. The summed E-state index contributed by atoms with van der Waals surface area (Å²) in [6.45, 7) is 2.91. The molecule has 0 aliphatic carbocycles. The number of carbonyl (C=O) groups is 1. The maximum absolute atomic E-state index is 12.4. The Bertz CT molecular complexity index is 513. The van der Waals surface area contributed by atoms with Crippen LogP contribution in [0.2, 0.25) is 0 Å². The SMILES string of the molecule is Cc1nc(C(=O)N[C@H]2CCCN(CC(F)(F)F)C2)c(C)o1. The van der Waals surface area contributed by atoms with E-state index in [1.165, 1.54) is 4.90 Å². The van der Waals surface area contributed by atoms with Gasteiger partial charge in [0, 0.05) is 19.5 Å². The van der Waals surface area contributed by atoms with Gasteiger partial charge in [-0.2, -0.15) is 13.2 Å². The predicted octanol–water partition coefficient (Wildman–Crippen LogP) is 2.05. The highest BCUT2D eigenvalue weighted by Crippen LogP contribution is 2.20. The van der Waals surface area contributed by atoms with E-state index in [9.17, 15) is 18.0 Å². The summed E-state index contributed by atoms with van der Waals surface area (Å²) in [5.41, 5.74) is 0.195. The first-order valence-corrected chi connectivity index (χ1v) is 6.78. The van der Waals surface area contributed by atoms with E-state index < -0.39 is 18.6 Å². The van der Waals surface area contributed by atoms with Gasteiger partial charge in [0.15, 0.2) is 11.6 Å². The van der Waals surface area contributed by atoms with Gasteiger partial charge in [0.25, 0.3) is 5.91 Å². The molecule has 1 aliphatic heterocycles. The minimum atomic E-state index is -4.22. The lowest BCUT2D eigenvalue weighted by Crippen LogP contribution is -2.50. The number of hydrogen-bond acceptors (Lipinski definition) is 4. The standard InChI is InChI=1S/C13H18F3N3O2/c1-8-11(17-9(2)21-8)12(20)18-10-4-3-5-19(6-10)7-13(14,15)16/h10H,3-7H2,1-2H3,(H,18,20)/t10-/m0/s1. The van der Waals surface area contributed by atoms with Crippen molar-refractivity contribution >= 4 is 5.91 Å². The topological polar surface area (TPSA) is 58.4 Å². The molecule has 2 rings (SSSR count). The van der Waals surface area contributed by atoms with Crippen molar-refractivity contribution < 1.29 is 22.4 Å². The zero-order chi connectivity index (χ0) is 15.6. The molecule has 1 atom stereocenters. The van der Waals surface area contributed by atoms with Gasteiger partial charge in [-0.05, 0) is 26.3 Å². The lowest BCUT2D eigenvalue weighted by molar-refractivity contribution is -0.148. The van der Waals surface area contributed by atoms with E-state index in [0.717, 1.165) is 0 Å². The number of nitrogens with one attached hydrogen (secondary N) is 1. The second-order valence-corrected chi connectivity index (χ2v) is 5.30. The zero-order valence-corrected chi connectivity index (χ0v) is 12.0. The fourth-order valence-corrected chi connectivity index (χ4v) is 2.56. The van der Waals surface area contributed by atoms with Gasteiger partial charge in [0.1, 0.15) is 5.76 Å². The normalized spacial score (nSPS) is 20.5. The van der Waals surface area contributed by atoms with Gasteiger partial charge in [0.05, 0.1) is 6.54 Å². The van der Waals surface area contributed by atoms with Crippen LogP contribution < -0.4 is 5.32 Å². The molecule has 1 aromatic rings. The molecule has 1 aromatic heterocycles. The molecule has 2 heterocycles. The Morgan fingerprint density at radius 3 is 2.76 bits per heavy atom. The van der Waals surface area contributed by atoms with Gasteiger partial charge in [-0.15, -0.1) is 0 Å². The number of nitrogens with zero attached hydrogens (tertiary/aromatic N) is 2. The van der Waals surface area contributed by atoms with Crippen molar-refractivity contribution in [1.82, 2.24) is 15.2 Å². The van der Waals surface area contributed by atoms with E-state index in [0.29, 0.717) is 31.0 Å². The summed E-state index contributed by atoms with van der Waals surface area (Å²) >= 11 is 0. The molecule has 0 saturated carbocycles. The Morgan fingerprint density at radius 2 is 2.19 bits per heavy atom. The number of amides is 1. The number of rotatable bonds is 3. The minimum Gasteiger partial charge on any atom is -0.445 e. The molecule has 1 fully saturated rings. The highest BCUT2D eigenvalue weighted by molar-refractivity contribution is 5.93. The van der Waals surface area contributed by atoms with Crippen molar-refractivity contribution in [3.63, 3.8) is 0 Å². The van der Waals surface area contributed by atoms with Crippen molar-refractivity contribution in [2.75, 3.05) is 19.6 Å². The van der Waals surface area contributed by atoms with Crippen molar-refractivity contribution in [3.05, 3.63) is 17.3 Å². The highest BCUT2D eigenvalue weighted by Gasteiger charge is 2.33. The van der Waals surface area contributed by atoms with E-state index >= 15 is 0 Å². The van der Waals surface area contributed by atoms with E-state index in [2.05, 4.69) is 10.3 Å². The van der Waals surface area contributed by atoms with E-state index in [4.69, 9.17) is 4.42 Å². The first kappa shape index (κ1) is 15.8. The summed E-state index contributed by atoms with van der Waals surface area (Å²) in [5.74, 6) is 0.399. The third-order valence-corrected chi connectivity index (χ3v) is 3.36. The van der Waals surface area contributed by atoms with Crippen LogP contribution in [0.5, 0.6) is 0 Å². The lowest BCUT2D eigenvalue weighted by Gasteiger charge is -2.33. The number of carbonyl (C=O) groups excluding carboxylic acids is 1. The maximum Gasteiger partial charge on any atom is 0.401 e. The second kappa shape index (κ2) is 6.05. The summed E-state index contributed by atoms with van der Waals surface area (Å²) in [5, 5.41) is 2.73. The van der Waals surface area contributed by atoms with Gasteiger partial charge >= 0.3 is 6.18 Å². The molecule has 0 aromatic carbocycles. The number of piperidine rings is 1. The third kappa shape index (κ3) is 4.45. The molecule has 0 spiro atoms. The molecule has 1 amide bonds. The summed E-state index contributed by atoms with van der Waals surface area (Å²) in [6, 6.07) is -0.301. The molecule has 21 heavy (non-hydrogen) atoms. The molecule has 8 heteroatoms. The molecule has 118 valence electrons. The average Bonchev–Trinajstić information content (AvgIpc) is 2.66. The molecule has 1 saturated heterocycles. The monoisotopic (exact) mass is 305 g/mol. The molecule has 5 nitrogen and oxygen atoms in total. The van der Waals surface area contributed by atoms with E-state index in [1.54, 1.807) is 13.8 Å². The smallest absolute Gasteiger partial charge is 0.401 e. The number of hydrogen-bond donors (Lipinski definition) is 1. The second-order valence-electron chi connectivity index (χ2n) is 5.30. The Kier molecular flexibility index (Phi) is 4.55. The fraction of sp³-hybridized carbons (Fsp3) is 0.692. The number of aryl methyl sites for hydroxylation is 2. The molecule has 0 bridgehead atoms. The van der Waals surface area contributed by atoms with Crippen LogP contribution in [-0.4, -0.2) is 47.6 Å². The lowest BCUT2D eigenvalue weighted by atomic mass is 10.1. The zero-order valence-electron chi connectivity index (χ0n) is 12.0. The van der Waals surface area contributed by atoms with Gasteiger partial charge < -0.3 is 9.73 Å². The molecule has 0 radical (unpaired) electrons. The summed E-state index contributed by atoms with van der Waals surface area (Å²) in [7, 11) is 0. The van der Waals surface area contributed by atoms with Gasteiger partial charge in [-0.1, -0.05) is 0 Å². The van der Waals surface area contributed by atoms with Crippen LogP contribution in [0, 0.1) is 13.8 Å². The van der Waals surface area contributed by atoms with Crippen molar-refractivity contribution in [3.8, 4) is 0 Å². The number of alkyl halides is 3. The van der Waals surface area contributed by atoms with Crippen LogP contribution in [0.25, 0.3) is 0 Å². The van der Waals surface area contributed by atoms with Gasteiger partial charge in [-0.3, -0.25) is 9.69 Å². The Hall–Kier alpha value is -1.57. The number of halogens is 3. The van der Waals surface area contributed by atoms with Crippen molar-refractivity contribution in [1.29, 1.82) is 0 Å². The fourth-order valence-electron chi connectivity index (χ4n) is 2.56. The Labute approximate surface area is 120 Å². The average molecular weight is 305 g/mol. The van der Waals surface area contributed by atoms with E-state index in [-0.39, 0.29) is 18.3 Å². The molecule has 1 N–H and O–H groups in total. The summed E-state index contributed by atoms with van der Waals surface area (Å²) in [6.07, 6.45) is -2.93. The molecule has 1 aliphatic rings. The quantitative estimate of drug-likeness (QED) is 0.928. The first-order chi connectivity index (χ1) is 9.74.